The maximum absolute atomic E-state index is 10.5. The molecular weight excluding hydrogens is 106 g/mol. The number of carbonyl (C=O) groups excluding carboxylic acids is 1. The van der Waals surface area contributed by atoms with Crippen LogP contribution in [0, 0.1) is 0 Å². The molecule has 0 aromatic rings. The van der Waals surface area contributed by atoms with Gasteiger partial charge in [-0.3, -0.25) is 15.1 Å². The van der Waals surface area contributed by atoms with E-state index in [1.807, 2.05) is 0 Å². The van der Waals surface area contributed by atoms with Crippen LogP contribution in [0.5, 0.6) is 0 Å². The average Bonchev–Trinajstić information content (AvgIpc) is 1.94. The lowest BCUT2D eigenvalue weighted by atomic mass is 10.3. The van der Waals surface area contributed by atoms with Gasteiger partial charge in [-0.05, 0) is 0 Å². The number of rotatable bonds is 0. The third-order valence-electron chi connectivity index (χ3n) is 0.848. The number of nitrogens with one attached hydrogen (secondary N) is 1. The van der Waals surface area contributed by atoms with E-state index in [1.54, 1.807) is 12.3 Å². The number of ketones is 1. The molecule has 1 N–H and O–H groups in total. The number of carbonyl (C=O) groups is 1. The molecular formula is C5H7NO2. The summed E-state index contributed by atoms with van der Waals surface area (Å²) in [5, 5.41) is 0. The van der Waals surface area contributed by atoms with E-state index >= 15 is 0 Å². The summed E-state index contributed by atoms with van der Waals surface area (Å²) in [7, 11) is 0. The van der Waals surface area contributed by atoms with E-state index < -0.39 is 0 Å². The van der Waals surface area contributed by atoms with Crippen molar-refractivity contribution in [3.63, 3.8) is 0 Å². The van der Waals surface area contributed by atoms with E-state index in [-0.39, 0.29) is 12.4 Å². The number of hydroxylamine groups is 1. The van der Waals surface area contributed by atoms with Crippen molar-refractivity contribution in [2.24, 2.45) is 0 Å². The Balaban J connectivity index is 2.41. The molecule has 0 unspecified atom stereocenters. The normalized spacial score (nSPS) is 19.8. The Kier molecular flexibility index (Phi) is 1.64. The maximum atomic E-state index is 10.5. The van der Waals surface area contributed by atoms with E-state index in [0.717, 1.165) is 0 Å². The maximum Gasteiger partial charge on any atom is 0.164 e. The van der Waals surface area contributed by atoms with Crippen LogP contribution >= 0.6 is 0 Å². The number of hydrogen-bond acceptors (Lipinski definition) is 3. The molecule has 0 aliphatic carbocycles. The van der Waals surface area contributed by atoms with Crippen LogP contribution in [0.2, 0.25) is 0 Å². The van der Waals surface area contributed by atoms with Crippen molar-refractivity contribution in [3.05, 3.63) is 12.3 Å². The molecule has 44 valence electrons. The number of hydrogen-bond donors (Lipinski definition) is 1. The van der Waals surface area contributed by atoms with Crippen LogP contribution in [0.15, 0.2) is 12.3 Å². The van der Waals surface area contributed by atoms with Gasteiger partial charge < -0.3 is 0 Å². The zero-order valence-electron chi connectivity index (χ0n) is 4.39. The second-order valence-corrected chi connectivity index (χ2v) is 1.55. The van der Waals surface area contributed by atoms with Gasteiger partial charge in [-0.25, -0.2) is 0 Å². The third-order valence-corrected chi connectivity index (χ3v) is 0.848. The lowest BCUT2D eigenvalue weighted by Gasteiger charge is -1.93. The Bertz CT molecular complexity index is 120. The first kappa shape index (κ1) is 5.31. The van der Waals surface area contributed by atoms with E-state index in [1.165, 1.54) is 0 Å². The van der Waals surface area contributed by atoms with Crippen molar-refractivity contribution in [1.82, 2.24) is 5.48 Å². The second-order valence-electron chi connectivity index (χ2n) is 1.55. The Labute approximate surface area is 47.3 Å². The SMILES string of the molecule is O=C1CC=CNOC1. The van der Waals surface area contributed by atoms with Crippen molar-refractivity contribution < 1.29 is 9.63 Å². The molecule has 0 fully saturated rings. The Hall–Kier alpha value is -0.830. The van der Waals surface area contributed by atoms with Crippen molar-refractivity contribution in [2.45, 2.75) is 6.42 Å². The molecule has 1 heterocycles. The molecule has 0 saturated carbocycles. The first-order valence-electron chi connectivity index (χ1n) is 2.43. The molecule has 1 aliphatic rings. The van der Waals surface area contributed by atoms with Crippen molar-refractivity contribution in [1.29, 1.82) is 0 Å². The Morgan fingerprint density at radius 2 is 2.62 bits per heavy atom. The molecule has 0 saturated heterocycles. The third kappa shape index (κ3) is 1.35. The first-order valence-corrected chi connectivity index (χ1v) is 2.43. The van der Waals surface area contributed by atoms with Gasteiger partial charge in [-0.15, -0.1) is 0 Å². The zero-order valence-corrected chi connectivity index (χ0v) is 4.39. The molecule has 1 rings (SSSR count). The topological polar surface area (TPSA) is 38.3 Å². The smallest absolute Gasteiger partial charge is 0.164 e. The summed E-state index contributed by atoms with van der Waals surface area (Å²) in [4.78, 5) is 15.1. The van der Waals surface area contributed by atoms with Gasteiger partial charge >= 0.3 is 0 Å². The lowest BCUT2D eigenvalue weighted by molar-refractivity contribution is -0.123. The molecule has 0 radical (unpaired) electrons. The summed E-state index contributed by atoms with van der Waals surface area (Å²) in [5.41, 5.74) is 2.48. The van der Waals surface area contributed by atoms with E-state index in [0.29, 0.717) is 6.42 Å². The molecule has 8 heavy (non-hydrogen) atoms. The first-order chi connectivity index (χ1) is 3.89. The van der Waals surface area contributed by atoms with Crippen LogP contribution in [0.25, 0.3) is 0 Å². The quantitative estimate of drug-likeness (QED) is 0.480. The Morgan fingerprint density at radius 3 is 3.50 bits per heavy atom. The predicted octanol–water partition coefficient (Wildman–Crippen LogP) is -0.00590. The van der Waals surface area contributed by atoms with Gasteiger partial charge in [0.1, 0.15) is 6.61 Å². The van der Waals surface area contributed by atoms with Crippen LogP contribution in [-0.4, -0.2) is 12.4 Å². The van der Waals surface area contributed by atoms with Crippen LogP contribution in [0.3, 0.4) is 0 Å². The number of Topliss-reactive ketones (excluding diaryl/α,β-unsaturated/α-hetero) is 1. The molecule has 0 bridgehead atoms. The molecule has 0 aromatic carbocycles. The Morgan fingerprint density at radius 1 is 1.75 bits per heavy atom. The van der Waals surface area contributed by atoms with Gasteiger partial charge in [0.05, 0.1) is 0 Å². The van der Waals surface area contributed by atoms with Gasteiger partial charge in [0.15, 0.2) is 5.78 Å². The molecule has 0 atom stereocenters. The summed E-state index contributed by atoms with van der Waals surface area (Å²) < 4.78 is 0. The minimum Gasteiger partial charge on any atom is -0.297 e. The highest BCUT2D eigenvalue weighted by Crippen LogP contribution is 1.89. The van der Waals surface area contributed by atoms with Crippen molar-refractivity contribution in [2.75, 3.05) is 6.61 Å². The second kappa shape index (κ2) is 2.47. The predicted molar refractivity (Wildman–Crippen MR) is 27.9 cm³/mol. The van der Waals surface area contributed by atoms with Gasteiger partial charge in [0, 0.05) is 12.6 Å². The zero-order chi connectivity index (χ0) is 5.82. The summed E-state index contributed by atoms with van der Waals surface area (Å²) in [6, 6.07) is 0. The minimum atomic E-state index is 0.103. The highest BCUT2D eigenvalue weighted by atomic mass is 16.6. The molecule has 1 aliphatic heterocycles. The minimum absolute atomic E-state index is 0.103. The summed E-state index contributed by atoms with van der Waals surface area (Å²) in [5.74, 6) is 0.103. The lowest BCUT2D eigenvalue weighted by Crippen LogP contribution is -2.10. The van der Waals surface area contributed by atoms with Crippen molar-refractivity contribution in [3.8, 4) is 0 Å². The fourth-order valence-electron chi connectivity index (χ4n) is 0.468. The van der Waals surface area contributed by atoms with Crippen LogP contribution in [-0.2, 0) is 9.63 Å². The van der Waals surface area contributed by atoms with Gasteiger partial charge in [-0.1, -0.05) is 6.08 Å². The van der Waals surface area contributed by atoms with Crippen LogP contribution < -0.4 is 5.48 Å². The van der Waals surface area contributed by atoms with Crippen LogP contribution in [0.4, 0.5) is 0 Å². The monoisotopic (exact) mass is 113 g/mol. The highest BCUT2D eigenvalue weighted by molar-refractivity contribution is 5.81. The molecule has 0 amide bonds. The van der Waals surface area contributed by atoms with Crippen molar-refractivity contribution >= 4 is 5.78 Å². The van der Waals surface area contributed by atoms with Crippen LogP contribution in [0.1, 0.15) is 6.42 Å². The van der Waals surface area contributed by atoms with E-state index in [4.69, 9.17) is 0 Å². The largest absolute Gasteiger partial charge is 0.297 e. The number of allylic oxidation sites excluding steroid dienone is 1. The summed E-state index contributed by atoms with van der Waals surface area (Å²) in [6.45, 7) is 0.174. The average molecular weight is 113 g/mol. The van der Waals surface area contributed by atoms with Gasteiger partial charge in [0.25, 0.3) is 0 Å². The molecule has 3 heteroatoms. The van der Waals surface area contributed by atoms with Gasteiger partial charge in [0.2, 0.25) is 0 Å². The molecule has 3 nitrogen and oxygen atoms in total. The standard InChI is InChI=1S/C5H7NO2/c7-5-2-1-3-6-8-4-5/h1,3,6H,2,4H2. The molecule has 0 spiro atoms. The fourth-order valence-corrected chi connectivity index (χ4v) is 0.468. The summed E-state index contributed by atoms with van der Waals surface area (Å²) >= 11 is 0. The van der Waals surface area contributed by atoms with Gasteiger partial charge in [-0.2, -0.15) is 0 Å². The molecule has 0 aromatic heterocycles. The summed E-state index contributed by atoms with van der Waals surface area (Å²) in [6.07, 6.45) is 3.83. The van der Waals surface area contributed by atoms with E-state index in [2.05, 4.69) is 10.3 Å². The van der Waals surface area contributed by atoms with E-state index in [9.17, 15) is 4.79 Å². The highest BCUT2D eigenvalue weighted by Gasteiger charge is 2.00. The fraction of sp³-hybridized carbons (Fsp3) is 0.400.